The second kappa shape index (κ2) is 14.7. The second-order valence-electron chi connectivity index (χ2n) is 10.3. The number of sulfonamides is 1. The van der Waals surface area contributed by atoms with Crippen LogP contribution in [-0.4, -0.2) is 64.7 Å². The molecule has 0 aliphatic heterocycles. The third-order valence-corrected chi connectivity index (χ3v) is 7.68. The molecule has 1 N–H and O–H groups in total. The predicted molar refractivity (Wildman–Crippen MR) is 160 cm³/mol. The summed E-state index contributed by atoms with van der Waals surface area (Å²) < 4.78 is 51.5. The van der Waals surface area contributed by atoms with Crippen LogP contribution in [0.2, 0.25) is 0 Å². The maximum atomic E-state index is 14.2. The average Bonchev–Trinajstić information content (AvgIpc) is 2.96. The van der Waals surface area contributed by atoms with E-state index in [0.717, 1.165) is 16.1 Å². The number of anilines is 1. The Morgan fingerprint density at radius 3 is 2.17 bits per heavy atom. The van der Waals surface area contributed by atoms with Crippen LogP contribution < -0.4 is 19.1 Å². The maximum absolute atomic E-state index is 14.2. The summed E-state index contributed by atoms with van der Waals surface area (Å²) in [6.07, 6.45) is 1.17. The van der Waals surface area contributed by atoms with Crippen molar-refractivity contribution < 1.29 is 31.9 Å². The lowest BCUT2D eigenvalue weighted by Crippen LogP contribution is -2.53. The number of carbonyl (C=O) groups is 2. The average molecular weight is 600 g/mol. The largest absolute Gasteiger partial charge is 0.497 e. The quantitative estimate of drug-likeness (QED) is 0.300. The summed E-state index contributed by atoms with van der Waals surface area (Å²) in [5.41, 5.74) is 1.50. The number of amides is 2. The van der Waals surface area contributed by atoms with Crippen molar-refractivity contribution in [1.29, 1.82) is 0 Å². The fourth-order valence-electron chi connectivity index (χ4n) is 4.35. The first-order valence-electron chi connectivity index (χ1n) is 13.5. The molecule has 0 bridgehead atoms. The number of hydrogen-bond donors (Lipinski definition) is 1. The highest BCUT2D eigenvalue weighted by atomic mass is 32.2. The number of nitrogens with one attached hydrogen (secondary N) is 1. The van der Waals surface area contributed by atoms with Gasteiger partial charge in [0.2, 0.25) is 21.8 Å². The van der Waals surface area contributed by atoms with E-state index in [1.807, 2.05) is 44.2 Å². The van der Waals surface area contributed by atoms with Gasteiger partial charge in [-0.1, -0.05) is 56.3 Å². The number of ether oxygens (including phenoxy) is 2. The van der Waals surface area contributed by atoms with E-state index in [4.69, 9.17) is 9.47 Å². The summed E-state index contributed by atoms with van der Waals surface area (Å²) in [6, 6.07) is 18.5. The van der Waals surface area contributed by atoms with Crippen molar-refractivity contribution in [2.45, 2.75) is 32.9 Å². The molecule has 2 amide bonds. The number of methoxy groups -OCH3 is 2. The van der Waals surface area contributed by atoms with Crippen LogP contribution in [0.25, 0.3) is 0 Å². The van der Waals surface area contributed by atoms with Crippen LogP contribution in [0.15, 0.2) is 72.8 Å². The van der Waals surface area contributed by atoms with Gasteiger partial charge >= 0.3 is 0 Å². The van der Waals surface area contributed by atoms with Gasteiger partial charge in [0.1, 0.15) is 29.9 Å². The molecular formula is C31H38FN3O6S. The molecule has 0 saturated heterocycles. The lowest BCUT2D eigenvalue weighted by Gasteiger charge is -2.34. The van der Waals surface area contributed by atoms with Gasteiger partial charge in [-0.15, -0.1) is 0 Å². The molecule has 0 aromatic heterocycles. The zero-order chi connectivity index (χ0) is 30.9. The van der Waals surface area contributed by atoms with Gasteiger partial charge < -0.3 is 19.7 Å². The van der Waals surface area contributed by atoms with Gasteiger partial charge in [0, 0.05) is 25.6 Å². The monoisotopic (exact) mass is 599 g/mol. The molecular weight excluding hydrogens is 561 g/mol. The molecule has 9 nitrogen and oxygen atoms in total. The molecule has 0 heterocycles. The summed E-state index contributed by atoms with van der Waals surface area (Å²) in [6.45, 7) is 3.63. The Morgan fingerprint density at radius 2 is 1.60 bits per heavy atom. The van der Waals surface area contributed by atoms with Crippen LogP contribution in [0.4, 0.5) is 10.1 Å². The first-order chi connectivity index (χ1) is 19.9. The minimum Gasteiger partial charge on any atom is -0.497 e. The van der Waals surface area contributed by atoms with Gasteiger partial charge in [0.15, 0.2) is 0 Å². The molecule has 11 heteroatoms. The first-order valence-corrected chi connectivity index (χ1v) is 15.3. The number of carbonyl (C=O) groups excluding carboxylic acids is 2. The number of nitrogens with zero attached hydrogens (tertiary/aromatic N) is 2. The lowest BCUT2D eigenvalue weighted by atomic mass is 10.0. The minimum absolute atomic E-state index is 0.0570. The molecule has 0 radical (unpaired) electrons. The normalized spacial score (nSPS) is 12.0. The van der Waals surface area contributed by atoms with Crippen LogP contribution in [0, 0.1) is 11.7 Å². The van der Waals surface area contributed by atoms with E-state index < -0.39 is 34.3 Å². The van der Waals surface area contributed by atoms with E-state index in [1.165, 1.54) is 49.5 Å². The van der Waals surface area contributed by atoms with Crippen LogP contribution >= 0.6 is 0 Å². The summed E-state index contributed by atoms with van der Waals surface area (Å²) >= 11 is 0. The van der Waals surface area contributed by atoms with Crippen LogP contribution in [-0.2, 0) is 32.6 Å². The van der Waals surface area contributed by atoms with Crippen LogP contribution in [0.5, 0.6) is 11.5 Å². The van der Waals surface area contributed by atoms with E-state index in [-0.39, 0.29) is 36.2 Å². The molecule has 1 atom stereocenters. The molecule has 0 unspecified atom stereocenters. The summed E-state index contributed by atoms with van der Waals surface area (Å²) in [4.78, 5) is 29.2. The first kappa shape index (κ1) is 32.4. The van der Waals surface area contributed by atoms with E-state index in [2.05, 4.69) is 5.32 Å². The molecule has 3 aromatic rings. The zero-order valence-corrected chi connectivity index (χ0v) is 25.4. The fourth-order valence-corrected chi connectivity index (χ4v) is 5.19. The zero-order valence-electron chi connectivity index (χ0n) is 24.5. The molecule has 0 aliphatic rings. The summed E-state index contributed by atoms with van der Waals surface area (Å²) in [5.74, 6) is -0.711. The molecule has 3 rings (SSSR count). The van der Waals surface area contributed by atoms with Gasteiger partial charge in [-0.05, 0) is 41.3 Å². The van der Waals surface area contributed by atoms with Crippen molar-refractivity contribution in [1.82, 2.24) is 10.2 Å². The van der Waals surface area contributed by atoms with Crippen molar-refractivity contribution in [3.63, 3.8) is 0 Å². The third kappa shape index (κ3) is 8.94. The van der Waals surface area contributed by atoms with E-state index in [0.29, 0.717) is 17.9 Å². The molecule has 0 aliphatic carbocycles. The highest BCUT2D eigenvalue weighted by Gasteiger charge is 2.34. The van der Waals surface area contributed by atoms with Gasteiger partial charge in [0.05, 0.1) is 26.2 Å². The predicted octanol–water partition coefficient (Wildman–Crippen LogP) is 4.02. The molecule has 3 aromatic carbocycles. The Morgan fingerprint density at radius 1 is 0.929 bits per heavy atom. The van der Waals surface area contributed by atoms with E-state index in [1.54, 1.807) is 12.1 Å². The van der Waals surface area contributed by atoms with Crippen LogP contribution in [0.3, 0.4) is 0 Å². The molecule has 226 valence electrons. The van der Waals surface area contributed by atoms with Gasteiger partial charge in [0.25, 0.3) is 0 Å². The third-order valence-electron chi connectivity index (χ3n) is 6.56. The topological polar surface area (TPSA) is 105 Å². The highest BCUT2D eigenvalue weighted by Crippen LogP contribution is 2.34. The highest BCUT2D eigenvalue weighted by molar-refractivity contribution is 7.92. The number of halogens is 1. The van der Waals surface area contributed by atoms with Crippen molar-refractivity contribution in [3.05, 3.63) is 89.7 Å². The molecule has 0 saturated carbocycles. The Balaban J connectivity index is 2.09. The van der Waals surface area contributed by atoms with Gasteiger partial charge in [-0.3, -0.25) is 13.9 Å². The summed E-state index contributed by atoms with van der Waals surface area (Å²) in [7, 11) is -1.18. The Bertz CT molecular complexity index is 1450. The standard InChI is InChI=1S/C31H38FN3O6S/c1-22(2)19-33-31(37)28(17-23-9-7-6-8-10-23)34(20-24-11-13-25(32)14-12-24)30(36)21-35(42(5,38)39)27-18-26(40-3)15-16-29(27)41-4/h6-16,18,22,28H,17,19-21H2,1-5H3,(H,33,37)/t28-/m0/s1. The molecule has 42 heavy (non-hydrogen) atoms. The van der Waals surface area contributed by atoms with Crippen molar-refractivity contribution in [2.24, 2.45) is 5.92 Å². The second-order valence-corrected chi connectivity index (χ2v) is 12.2. The van der Waals surface area contributed by atoms with Crippen molar-refractivity contribution in [2.75, 3.05) is 37.9 Å². The SMILES string of the molecule is COc1ccc(OC)c(N(CC(=O)N(Cc2ccc(F)cc2)[C@@H](Cc2ccccc2)C(=O)NCC(C)C)S(C)(=O)=O)c1. The lowest BCUT2D eigenvalue weighted by molar-refractivity contribution is -0.140. The fraction of sp³-hybridized carbons (Fsp3) is 0.355. The van der Waals surface area contributed by atoms with Gasteiger partial charge in [-0.25, -0.2) is 12.8 Å². The smallest absolute Gasteiger partial charge is 0.244 e. The minimum atomic E-state index is -4.01. The van der Waals surface area contributed by atoms with Crippen LogP contribution in [0.1, 0.15) is 25.0 Å². The van der Waals surface area contributed by atoms with Gasteiger partial charge in [-0.2, -0.15) is 0 Å². The summed E-state index contributed by atoms with van der Waals surface area (Å²) in [5, 5.41) is 2.92. The number of rotatable bonds is 14. The Hall–Kier alpha value is -4.12. The van der Waals surface area contributed by atoms with E-state index in [9.17, 15) is 22.4 Å². The number of benzene rings is 3. The number of hydrogen-bond acceptors (Lipinski definition) is 6. The van der Waals surface area contributed by atoms with Crippen molar-refractivity contribution in [3.8, 4) is 11.5 Å². The maximum Gasteiger partial charge on any atom is 0.244 e. The Kier molecular flexibility index (Phi) is 11.3. The van der Waals surface area contributed by atoms with Crippen molar-refractivity contribution >= 4 is 27.5 Å². The molecule has 0 spiro atoms. The van der Waals surface area contributed by atoms with E-state index >= 15 is 0 Å². The molecule has 0 fully saturated rings. The Labute approximate surface area is 247 Å².